The lowest BCUT2D eigenvalue weighted by Crippen LogP contribution is -2.39. The van der Waals surface area contributed by atoms with Gasteiger partial charge in [0.2, 0.25) is 5.91 Å². The summed E-state index contributed by atoms with van der Waals surface area (Å²) in [6.07, 6.45) is 2.42. The number of halogens is 1. The molecule has 3 rings (SSSR count). The Hall–Kier alpha value is -1.58. The van der Waals surface area contributed by atoms with Crippen molar-refractivity contribution in [3.05, 3.63) is 48.0 Å². The number of amides is 1. The maximum absolute atomic E-state index is 12.4. The van der Waals surface area contributed by atoms with Crippen molar-refractivity contribution < 1.29 is 4.79 Å². The van der Waals surface area contributed by atoms with Crippen LogP contribution < -0.4 is 10.6 Å². The van der Waals surface area contributed by atoms with Crippen molar-refractivity contribution in [2.75, 3.05) is 19.6 Å². The van der Waals surface area contributed by atoms with Crippen LogP contribution in [0.25, 0.3) is 10.8 Å². The van der Waals surface area contributed by atoms with E-state index in [1.54, 1.807) is 0 Å². The van der Waals surface area contributed by atoms with Gasteiger partial charge in [-0.05, 0) is 55.1 Å². The van der Waals surface area contributed by atoms with E-state index in [4.69, 9.17) is 0 Å². The number of nitrogens with one attached hydrogen (secondary N) is 2. The van der Waals surface area contributed by atoms with Gasteiger partial charge >= 0.3 is 0 Å². The van der Waals surface area contributed by atoms with E-state index >= 15 is 0 Å². The summed E-state index contributed by atoms with van der Waals surface area (Å²) in [6, 6.07) is 14.6. The number of carbonyl (C=O) groups excluding carboxylic acids is 1. The molecule has 0 aromatic heterocycles. The van der Waals surface area contributed by atoms with Crippen molar-refractivity contribution in [2.45, 2.75) is 25.7 Å². The van der Waals surface area contributed by atoms with Gasteiger partial charge in [-0.1, -0.05) is 42.5 Å². The molecule has 1 fully saturated rings. The predicted octanol–water partition coefficient (Wildman–Crippen LogP) is 3.48. The minimum atomic E-state index is -0.110. The smallest absolute Gasteiger partial charge is 0.227 e. The van der Waals surface area contributed by atoms with Crippen LogP contribution in [0.5, 0.6) is 0 Å². The molecule has 2 aromatic carbocycles. The van der Waals surface area contributed by atoms with Gasteiger partial charge in [-0.25, -0.2) is 0 Å². The summed E-state index contributed by atoms with van der Waals surface area (Å²) in [6.45, 7) is 4.89. The maximum Gasteiger partial charge on any atom is 0.227 e. The second-order valence-electron chi connectivity index (χ2n) is 6.29. The molecule has 2 atom stereocenters. The molecule has 124 valence electrons. The summed E-state index contributed by atoms with van der Waals surface area (Å²) in [7, 11) is 0. The maximum atomic E-state index is 12.4. The monoisotopic (exact) mass is 332 g/mol. The number of piperidine rings is 1. The molecule has 23 heavy (non-hydrogen) atoms. The SMILES string of the molecule is CC(C(=O)NCC1CCCNC1)c1ccc2ccccc2c1.Cl. The van der Waals surface area contributed by atoms with Crippen molar-refractivity contribution in [3.63, 3.8) is 0 Å². The Morgan fingerprint density at radius 2 is 2.04 bits per heavy atom. The molecular formula is C19H25ClN2O. The lowest BCUT2D eigenvalue weighted by atomic mass is 9.96. The molecule has 2 unspecified atom stereocenters. The molecule has 1 aliphatic rings. The van der Waals surface area contributed by atoms with E-state index in [9.17, 15) is 4.79 Å². The van der Waals surface area contributed by atoms with Gasteiger partial charge in [-0.15, -0.1) is 12.4 Å². The highest BCUT2D eigenvalue weighted by Gasteiger charge is 2.18. The molecule has 0 spiro atoms. The Morgan fingerprint density at radius 1 is 1.26 bits per heavy atom. The van der Waals surface area contributed by atoms with E-state index in [1.807, 2.05) is 19.1 Å². The van der Waals surface area contributed by atoms with E-state index in [-0.39, 0.29) is 24.2 Å². The minimum Gasteiger partial charge on any atom is -0.355 e. The number of rotatable bonds is 4. The van der Waals surface area contributed by atoms with Crippen molar-refractivity contribution in [2.24, 2.45) is 5.92 Å². The summed E-state index contributed by atoms with van der Waals surface area (Å²) in [4.78, 5) is 12.4. The zero-order chi connectivity index (χ0) is 15.4. The third-order valence-electron chi connectivity index (χ3n) is 4.63. The van der Waals surface area contributed by atoms with Gasteiger partial charge in [-0.2, -0.15) is 0 Å². The largest absolute Gasteiger partial charge is 0.355 e. The van der Waals surface area contributed by atoms with Crippen LogP contribution >= 0.6 is 12.4 Å². The molecular weight excluding hydrogens is 308 g/mol. The molecule has 0 radical (unpaired) electrons. The Morgan fingerprint density at radius 3 is 2.78 bits per heavy atom. The Balaban J connectivity index is 0.00000192. The van der Waals surface area contributed by atoms with E-state index < -0.39 is 0 Å². The Kier molecular flexibility index (Phi) is 6.43. The summed E-state index contributed by atoms with van der Waals surface area (Å²) in [5, 5.41) is 8.91. The fourth-order valence-corrected chi connectivity index (χ4v) is 3.12. The first-order chi connectivity index (χ1) is 10.7. The highest BCUT2D eigenvalue weighted by Crippen LogP contribution is 2.22. The van der Waals surface area contributed by atoms with E-state index in [0.717, 1.165) is 25.2 Å². The highest BCUT2D eigenvalue weighted by molar-refractivity contribution is 5.87. The standard InChI is InChI=1S/C19H24N2O.ClH/c1-14(19(22)21-13-15-5-4-10-20-12-15)17-9-8-16-6-2-3-7-18(16)11-17;/h2-3,6-9,11,14-15,20H,4-5,10,12-13H2,1H3,(H,21,22);1H. The quantitative estimate of drug-likeness (QED) is 0.900. The van der Waals surface area contributed by atoms with Crippen molar-refractivity contribution in [1.29, 1.82) is 0 Å². The molecule has 1 heterocycles. The first kappa shape index (κ1) is 17.8. The van der Waals surface area contributed by atoms with Crippen LogP contribution in [0.1, 0.15) is 31.2 Å². The van der Waals surface area contributed by atoms with Crippen LogP contribution in [0.4, 0.5) is 0 Å². The van der Waals surface area contributed by atoms with Gasteiger partial charge in [-0.3, -0.25) is 4.79 Å². The van der Waals surface area contributed by atoms with Gasteiger partial charge in [0.05, 0.1) is 5.92 Å². The van der Waals surface area contributed by atoms with Crippen LogP contribution in [-0.2, 0) is 4.79 Å². The van der Waals surface area contributed by atoms with Gasteiger partial charge in [0.1, 0.15) is 0 Å². The number of carbonyl (C=O) groups is 1. The van der Waals surface area contributed by atoms with Crippen LogP contribution in [0.2, 0.25) is 0 Å². The number of fused-ring (bicyclic) bond motifs is 1. The number of hydrogen-bond acceptors (Lipinski definition) is 2. The molecule has 2 aromatic rings. The van der Waals surface area contributed by atoms with Gasteiger partial charge < -0.3 is 10.6 Å². The number of benzene rings is 2. The van der Waals surface area contributed by atoms with Crippen molar-refractivity contribution >= 4 is 29.1 Å². The topological polar surface area (TPSA) is 41.1 Å². The Labute approximate surface area is 144 Å². The Bertz CT molecular complexity index is 653. The summed E-state index contributed by atoms with van der Waals surface area (Å²) in [5.41, 5.74) is 1.08. The third kappa shape index (κ3) is 4.46. The second-order valence-corrected chi connectivity index (χ2v) is 6.29. The van der Waals surface area contributed by atoms with Gasteiger partial charge in [0, 0.05) is 6.54 Å². The summed E-state index contributed by atoms with van der Waals surface area (Å²) in [5.74, 6) is 0.587. The minimum absolute atomic E-state index is 0. The lowest BCUT2D eigenvalue weighted by molar-refractivity contribution is -0.122. The second kappa shape index (κ2) is 8.32. The molecule has 2 N–H and O–H groups in total. The summed E-state index contributed by atoms with van der Waals surface area (Å²) >= 11 is 0. The molecule has 3 nitrogen and oxygen atoms in total. The average Bonchev–Trinajstić information content (AvgIpc) is 2.59. The van der Waals surface area contributed by atoms with Crippen LogP contribution in [-0.4, -0.2) is 25.5 Å². The lowest BCUT2D eigenvalue weighted by Gasteiger charge is -2.23. The van der Waals surface area contributed by atoms with Gasteiger partial charge in [0.15, 0.2) is 0 Å². The fourth-order valence-electron chi connectivity index (χ4n) is 3.12. The highest BCUT2D eigenvalue weighted by atomic mass is 35.5. The van der Waals surface area contributed by atoms with E-state index in [1.165, 1.54) is 23.6 Å². The third-order valence-corrected chi connectivity index (χ3v) is 4.63. The van der Waals surface area contributed by atoms with Crippen molar-refractivity contribution in [3.8, 4) is 0 Å². The molecule has 0 aliphatic carbocycles. The molecule has 1 saturated heterocycles. The average molecular weight is 333 g/mol. The predicted molar refractivity (Wildman–Crippen MR) is 98.2 cm³/mol. The first-order valence-electron chi connectivity index (χ1n) is 8.21. The van der Waals surface area contributed by atoms with E-state index in [2.05, 4.69) is 41.0 Å². The normalized spacial score (nSPS) is 18.9. The first-order valence-corrected chi connectivity index (χ1v) is 8.21. The zero-order valence-corrected chi connectivity index (χ0v) is 14.4. The molecule has 0 saturated carbocycles. The molecule has 0 bridgehead atoms. The van der Waals surface area contributed by atoms with Crippen LogP contribution in [0.15, 0.2) is 42.5 Å². The van der Waals surface area contributed by atoms with E-state index in [0.29, 0.717) is 5.92 Å². The van der Waals surface area contributed by atoms with Crippen LogP contribution in [0, 0.1) is 5.92 Å². The van der Waals surface area contributed by atoms with Crippen molar-refractivity contribution in [1.82, 2.24) is 10.6 Å². The van der Waals surface area contributed by atoms with Gasteiger partial charge in [0.25, 0.3) is 0 Å². The molecule has 1 aliphatic heterocycles. The number of hydrogen-bond donors (Lipinski definition) is 2. The zero-order valence-electron chi connectivity index (χ0n) is 13.5. The molecule has 1 amide bonds. The molecule has 4 heteroatoms. The fraction of sp³-hybridized carbons (Fsp3) is 0.421. The van der Waals surface area contributed by atoms with Crippen LogP contribution in [0.3, 0.4) is 0 Å². The summed E-state index contributed by atoms with van der Waals surface area (Å²) < 4.78 is 0.